The first-order chi connectivity index (χ1) is 16.1. The highest BCUT2D eigenvalue weighted by Gasteiger charge is 2.51. The van der Waals surface area contributed by atoms with Crippen LogP contribution >= 0.6 is 11.3 Å². The zero-order valence-electron chi connectivity index (χ0n) is 20.0. The molecule has 1 aliphatic heterocycles. The third-order valence-corrected chi connectivity index (χ3v) is 7.32. The number of methoxy groups -OCH3 is 1. The van der Waals surface area contributed by atoms with Gasteiger partial charge >= 0.3 is 11.9 Å². The molecule has 2 heterocycles. The van der Waals surface area contributed by atoms with E-state index >= 15 is 0 Å². The number of esters is 2. The summed E-state index contributed by atoms with van der Waals surface area (Å²) in [5.41, 5.74) is 0.954. The van der Waals surface area contributed by atoms with Gasteiger partial charge in [-0.3, -0.25) is 19.3 Å². The second kappa shape index (κ2) is 10.5. The molecule has 0 bridgehead atoms. The number of nitrogens with zero attached hydrogens (tertiary/aromatic N) is 1. The number of imide groups is 1. The smallest absolute Gasteiger partial charge is 0.341 e. The molecule has 0 aromatic carbocycles. The minimum atomic E-state index is -1.09. The molecule has 1 saturated heterocycles. The minimum Gasteiger partial charge on any atom is -0.465 e. The van der Waals surface area contributed by atoms with Gasteiger partial charge in [-0.15, -0.1) is 11.3 Å². The van der Waals surface area contributed by atoms with Crippen molar-refractivity contribution in [3.8, 4) is 0 Å². The molecule has 1 aromatic heterocycles. The van der Waals surface area contributed by atoms with Gasteiger partial charge < -0.3 is 14.8 Å². The highest BCUT2D eigenvalue weighted by Crippen LogP contribution is 2.37. The number of amides is 3. The van der Waals surface area contributed by atoms with Crippen molar-refractivity contribution in [1.29, 1.82) is 0 Å². The predicted octanol–water partition coefficient (Wildman–Crippen LogP) is 3.00. The van der Waals surface area contributed by atoms with Gasteiger partial charge in [-0.05, 0) is 44.6 Å². The van der Waals surface area contributed by atoms with Crippen LogP contribution in [-0.4, -0.2) is 54.3 Å². The molecule has 3 amide bonds. The largest absolute Gasteiger partial charge is 0.465 e. The fourth-order valence-corrected chi connectivity index (χ4v) is 5.41. The topological polar surface area (TPSA) is 119 Å². The number of hydrogen-bond donors (Lipinski definition) is 1. The average molecular weight is 491 g/mol. The van der Waals surface area contributed by atoms with Crippen molar-refractivity contribution in [3.05, 3.63) is 28.2 Å². The van der Waals surface area contributed by atoms with Crippen molar-refractivity contribution < 1.29 is 33.4 Å². The van der Waals surface area contributed by atoms with Gasteiger partial charge in [0.05, 0.1) is 24.5 Å². The van der Waals surface area contributed by atoms with Gasteiger partial charge in [-0.1, -0.05) is 26.0 Å². The Hall–Kier alpha value is -3.01. The molecule has 0 saturated carbocycles. The molecule has 1 fully saturated rings. The number of fused-ring (bicyclic) bond motifs is 1. The van der Waals surface area contributed by atoms with Gasteiger partial charge in [0.25, 0.3) is 5.91 Å². The van der Waals surface area contributed by atoms with Crippen LogP contribution in [0.5, 0.6) is 0 Å². The molecule has 3 unspecified atom stereocenters. The summed E-state index contributed by atoms with van der Waals surface area (Å²) in [5, 5.41) is 2.90. The maximum atomic E-state index is 13.0. The van der Waals surface area contributed by atoms with Crippen LogP contribution in [0.4, 0.5) is 5.00 Å². The normalized spacial score (nSPS) is 20.4. The van der Waals surface area contributed by atoms with Gasteiger partial charge in [0.2, 0.25) is 11.8 Å². The number of thiophene rings is 1. The van der Waals surface area contributed by atoms with E-state index in [1.54, 1.807) is 6.92 Å². The second-order valence-corrected chi connectivity index (χ2v) is 10.2. The van der Waals surface area contributed by atoms with Crippen LogP contribution in [-0.2, 0) is 28.7 Å². The van der Waals surface area contributed by atoms with Gasteiger partial charge in [-0.25, -0.2) is 9.59 Å². The van der Waals surface area contributed by atoms with E-state index in [4.69, 9.17) is 9.47 Å². The van der Waals surface area contributed by atoms with Crippen LogP contribution in [0, 0.1) is 31.6 Å². The maximum Gasteiger partial charge on any atom is 0.341 e. The number of ether oxygens (including phenoxy) is 2. The van der Waals surface area contributed by atoms with E-state index in [-0.39, 0.29) is 29.7 Å². The molecule has 0 spiro atoms. The standard InChI is InChI=1S/C24H30N2O7S/c1-12(2)10-17(26-21(28)15-8-6-7-9-16(15)22(26)29)23(30)33-11-18(27)25-20-19(24(31)32-5)13(3)14(4)34-20/h6-7,12,15-17H,8-11H2,1-5H3,(H,25,27). The fourth-order valence-electron chi connectivity index (χ4n) is 4.35. The zero-order valence-corrected chi connectivity index (χ0v) is 20.8. The molecule has 2 aliphatic rings. The second-order valence-electron chi connectivity index (χ2n) is 8.98. The number of hydrogen-bond acceptors (Lipinski definition) is 8. The molecule has 1 aromatic rings. The van der Waals surface area contributed by atoms with Crippen molar-refractivity contribution in [1.82, 2.24) is 4.90 Å². The third kappa shape index (κ3) is 5.06. The van der Waals surface area contributed by atoms with Crippen LogP contribution in [0.25, 0.3) is 0 Å². The molecule has 10 heteroatoms. The van der Waals surface area contributed by atoms with E-state index in [2.05, 4.69) is 5.32 Å². The van der Waals surface area contributed by atoms with E-state index in [1.165, 1.54) is 18.4 Å². The number of anilines is 1. The van der Waals surface area contributed by atoms with Crippen molar-refractivity contribution in [2.75, 3.05) is 19.0 Å². The summed E-state index contributed by atoms with van der Waals surface area (Å²) in [7, 11) is 1.25. The van der Waals surface area contributed by atoms with Gasteiger partial charge in [0.15, 0.2) is 6.61 Å². The summed E-state index contributed by atoms with van der Waals surface area (Å²) in [6, 6.07) is -1.09. The van der Waals surface area contributed by atoms with Crippen molar-refractivity contribution in [2.45, 2.75) is 53.0 Å². The predicted molar refractivity (Wildman–Crippen MR) is 125 cm³/mol. The van der Waals surface area contributed by atoms with E-state index < -0.39 is 42.3 Å². The molecular weight excluding hydrogens is 460 g/mol. The first-order valence-electron chi connectivity index (χ1n) is 11.2. The summed E-state index contributed by atoms with van der Waals surface area (Å²) in [6.45, 7) is 6.71. The van der Waals surface area contributed by atoms with Crippen molar-refractivity contribution in [2.24, 2.45) is 17.8 Å². The lowest BCUT2D eigenvalue weighted by molar-refractivity contribution is -0.160. The Balaban J connectivity index is 1.70. The van der Waals surface area contributed by atoms with E-state index in [9.17, 15) is 24.0 Å². The first kappa shape index (κ1) is 25.6. The average Bonchev–Trinajstić information content (AvgIpc) is 3.22. The summed E-state index contributed by atoms with van der Waals surface area (Å²) in [6.07, 6.45) is 4.94. The van der Waals surface area contributed by atoms with Gasteiger partial charge in [0, 0.05) is 4.88 Å². The third-order valence-electron chi connectivity index (χ3n) is 6.19. The summed E-state index contributed by atoms with van der Waals surface area (Å²) >= 11 is 1.22. The Kier molecular flexibility index (Phi) is 7.91. The van der Waals surface area contributed by atoms with Crippen LogP contribution < -0.4 is 5.32 Å². The molecule has 9 nitrogen and oxygen atoms in total. The summed E-state index contributed by atoms with van der Waals surface area (Å²) in [5.74, 6) is -3.64. The van der Waals surface area contributed by atoms with Gasteiger partial charge in [-0.2, -0.15) is 0 Å². The highest BCUT2D eigenvalue weighted by molar-refractivity contribution is 7.16. The molecule has 1 N–H and O–H groups in total. The van der Waals surface area contributed by atoms with Crippen molar-refractivity contribution >= 4 is 46.0 Å². The van der Waals surface area contributed by atoms with Crippen LogP contribution in [0.3, 0.4) is 0 Å². The van der Waals surface area contributed by atoms with Crippen LogP contribution in [0.1, 0.15) is 53.9 Å². The van der Waals surface area contributed by atoms with Gasteiger partial charge in [0.1, 0.15) is 11.0 Å². The number of aryl methyl sites for hydroxylation is 1. The number of nitrogens with one attached hydrogen (secondary N) is 1. The van der Waals surface area contributed by atoms with Crippen molar-refractivity contribution in [3.63, 3.8) is 0 Å². The Labute approximate surface area is 202 Å². The summed E-state index contributed by atoms with van der Waals surface area (Å²) < 4.78 is 10.0. The lowest BCUT2D eigenvalue weighted by Crippen LogP contribution is -2.47. The van der Waals surface area contributed by atoms with E-state index in [1.807, 2.05) is 32.9 Å². The van der Waals surface area contributed by atoms with E-state index in [0.29, 0.717) is 23.4 Å². The first-order valence-corrected chi connectivity index (χ1v) is 12.0. The Morgan fingerprint density at radius 2 is 1.71 bits per heavy atom. The molecule has 3 rings (SSSR count). The number of rotatable bonds is 8. The fraction of sp³-hybridized carbons (Fsp3) is 0.542. The molecular formula is C24H30N2O7S. The lowest BCUT2D eigenvalue weighted by Gasteiger charge is -2.26. The Morgan fingerprint density at radius 3 is 2.24 bits per heavy atom. The van der Waals surface area contributed by atoms with Crippen LogP contribution in [0.15, 0.2) is 12.2 Å². The minimum absolute atomic E-state index is 0.00686. The number of likely N-dealkylation sites (tertiary alicyclic amines) is 1. The zero-order chi connectivity index (χ0) is 25.2. The van der Waals surface area contributed by atoms with Crippen LogP contribution in [0.2, 0.25) is 0 Å². The molecule has 3 atom stereocenters. The Morgan fingerprint density at radius 1 is 1.12 bits per heavy atom. The lowest BCUT2D eigenvalue weighted by atomic mass is 9.85. The quantitative estimate of drug-likeness (QED) is 0.338. The molecule has 34 heavy (non-hydrogen) atoms. The molecule has 1 aliphatic carbocycles. The summed E-state index contributed by atoms with van der Waals surface area (Å²) in [4.78, 5) is 65.4. The highest BCUT2D eigenvalue weighted by atomic mass is 32.1. The number of allylic oxidation sites excluding steroid dienone is 2. The van der Waals surface area contributed by atoms with E-state index in [0.717, 1.165) is 9.78 Å². The molecule has 0 radical (unpaired) electrons. The SMILES string of the molecule is COC(=O)c1c(NC(=O)COC(=O)C(CC(C)C)N2C(=O)C3CC=CCC3C2=O)sc(C)c1C. The number of carbonyl (C=O) groups excluding carboxylic acids is 5. The monoisotopic (exact) mass is 490 g/mol. The molecule has 184 valence electrons. The maximum absolute atomic E-state index is 13.0. The number of carbonyl (C=O) groups is 5. The Bertz CT molecular complexity index is 1020.